The largest absolute Gasteiger partial charge is 0.474 e. The van der Waals surface area contributed by atoms with Gasteiger partial charge in [-0.05, 0) is 84.3 Å². The number of hydrogen-bond donors (Lipinski definition) is 3. The zero-order valence-corrected chi connectivity index (χ0v) is 37.6. The fourth-order valence-corrected chi connectivity index (χ4v) is 10.2. The Hall–Kier alpha value is -5.79. The average molecular weight is 929 g/mol. The van der Waals surface area contributed by atoms with E-state index in [0.717, 1.165) is 56.0 Å². The van der Waals surface area contributed by atoms with E-state index in [1.807, 2.05) is 35.2 Å². The van der Waals surface area contributed by atoms with Gasteiger partial charge in [-0.1, -0.05) is 43.2 Å². The third-order valence-electron chi connectivity index (χ3n) is 12.5. The monoisotopic (exact) mass is 928 g/mol. The molecule has 1 aliphatic carbocycles. The van der Waals surface area contributed by atoms with Crippen molar-refractivity contribution in [3.8, 4) is 5.88 Å². The van der Waals surface area contributed by atoms with Crippen molar-refractivity contribution in [3.05, 3.63) is 111 Å². The molecule has 5 aromatic rings. The van der Waals surface area contributed by atoms with Crippen LogP contribution in [0.25, 0.3) is 16.6 Å². The second-order valence-electron chi connectivity index (χ2n) is 17.6. The lowest BCUT2D eigenvalue weighted by atomic mass is 9.72. The number of aromatic amines is 1. The number of aromatic nitrogens is 2. The van der Waals surface area contributed by atoms with Crippen molar-refractivity contribution in [2.45, 2.75) is 44.1 Å². The number of nitro benzene ring substituents is 1. The standard InChI is InChI=1S/C46H50ClFN8O8S/c1-46(2)11-9-31(37(25-46)29-3-5-32(47)6-4-29)27-53-13-15-54(16-14-53)33-7-8-36(39(22-33)55-17-18-64-45-41(55)21-30-10-12-49-43(30)51-45)44(57)52-65(60,61)35-23-38(48)42(40(24-35)56(58)59)50-26-34-28-62-19-20-63-34/h3-8,10,12,21-24,34,50H,9,11,13-20,25-28H2,1-2H3,(H,49,51)(H,52,57). The van der Waals surface area contributed by atoms with Crippen LogP contribution in [0.15, 0.2) is 83.4 Å². The second kappa shape index (κ2) is 18.2. The summed E-state index contributed by atoms with van der Waals surface area (Å²) < 4.78 is 62.2. The number of benzene rings is 3. The lowest BCUT2D eigenvalue weighted by Crippen LogP contribution is -2.47. The molecule has 3 aliphatic heterocycles. The van der Waals surface area contributed by atoms with Gasteiger partial charge in [0.05, 0.1) is 53.5 Å². The number of halogens is 2. The van der Waals surface area contributed by atoms with Crippen LogP contribution in [0.2, 0.25) is 5.02 Å². The summed E-state index contributed by atoms with van der Waals surface area (Å²) in [4.78, 5) is 39.1. The summed E-state index contributed by atoms with van der Waals surface area (Å²) in [6, 6.07) is 18.5. The van der Waals surface area contributed by atoms with Crippen molar-refractivity contribution in [3.63, 3.8) is 0 Å². The Morgan fingerprint density at radius 2 is 1.82 bits per heavy atom. The molecular formula is C46H50ClFN8O8S. The normalized spacial score (nSPS) is 19.2. The predicted molar refractivity (Wildman–Crippen MR) is 246 cm³/mol. The summed E-state index contributed by atoms with van der Waals surface area (Å²) in [6.07, 6.45) is 4.41. The molecule has 3 aromatic carbocycles. The van der Waals surface area contributed by atoms with Crippen molar-refractivity contribution >= 4 is 72.6 Å². The Morgan fingerprint density at radius 1 is 1.02 bits per heavy atom. The molecule has 0 radical (unpaired) electrons. The van der Waals surface area contributed by atoms with Gasteiger partial charge in [0.25, 0.3) is 21.6 Å². The Morgan fingerprint density at radius 3 is 2.57 bits per heavy atom. The highest BCUT2D eigenvalue weighted by Gasteiger charge is 2.33. The van der Waals surface area contributed by atoms with Gasteiger partial charge in [-0.25, -0.2) is 17.5 Å². The van der Waals surface area contributed by atoms with Crippen LogP contribution < -0.4 is 24.6 Å². The van der Waals surface area contributed by atoms with E-state index in [1.165, 1.54) is 16.7 Å². The number of pyridine rings is 1. The number of piperazine rings is 1. The zero-order valence-electron chi connectivity index (χ0n) is 36.1. The summed E-state index contributed by atoms with van der Waals surface area (Å²) in [5.41, 5.74) is 5.35. The number of hydrogen-bond acceptors (Lipinski definition) is 13. The second-order valence-corrected chi connectivity index (χ2v) is 19.7. The smallest absolute Gasteiger partial charge is 0.296 e. The van der Waals surface area contributed by atoms with Crippen molar-refractivity contribution in [2.24, 2.45) is 5.41 Å². The minimum absolute atomic E-state index is 0.00262. The van der Waals surface area contributed by atoms with E-state index in [9.17, 15) is 23.3 Å². The quantitative estimate of drug-likeness (QED) is 0.0825. The number of fused-ring (bicyclic) bond motifs is 2. The summed E-state index contributed by atoms with van der Waals surface area (Å²) in [6.45, 7) is 9.94. The van der Waals surface area contributed by atoms with Gasteiger partial charge in [-0.2, -0.15) is 4.98 Å². The van der Waals surface area contributed by atoms with Crippen molar-refractivity contribution in [1.29, 1.82) is 0 Å². The molecule has 5 heterocycles. The molecular weight excluding hydrogens is 879 g/mol. The average Bonchev–Trinajstić information content (AvgIpc) is 3.76. The Balaban J connectivity index is 0.985. The first-order valence-corrected chi connectivity index (χ1v) is 23.5. The number of allylic oxidation sites excluding steroid dienone is 1. The first-order valence-electron chi connectivity index (χ1n) is 21.7. The number of carbonyl (C=O) groups excluding carboxylic acids is 1. The maximum atomic E-state index is 15.6. The minimum atomic E-state index is -4.85. The van der Waals surface area contributed by atoms with Crippen molar-refractivity contribution in [1.82, 2.24) is 19.6 Å². The SMILES string of the molecule is CC1(C)CCC(CN2CCN(c3ccc(C(=O)NS(=O)(=O)c4cc(F)c(NCC5COCCO5)c([N+](=O)[O-])c4)c(N4CCOc5nc6[nH]ccc6cc54)c3)CC2)=C(c2ccc(Cl)cc2)C1. The fourth-order valence-electron chi connectivity index (χ4n) is 9.04. The highest BCUT2D eigenvalue weighted by atomic mass is 35.5. The number of carbonyl (C=O) groups is 1. The molecule has 4 aliphatic rings. The molecule has 9 rings (SSSR count). The number of rotatable bonds is 12. The highest BCUT2D eigenvalue weighted by Crippen LogP contribution is 2.44. The number of anilines is 4. The van der Waals surface area contributed by atoms with E-state index in [0.29, 0.717) is 66.8 Å². The number of ether oxygens (including phenoxy) is 3. The maximum absolute atomic E-state index is 15.6. The van der Waals surface area contributed by atoms with Gasteiger partial charge in [0.15, 0.2) is 5.82 Å². The first kappa shape index (κ1) is 44.4. The first-order chi connectivity index (χ1) is 31.2. The Kier molecular flexibility index (Phi) is 12.5. The summed E-state index contributed by atoms with van der Waals surface area (Å²) in [5.74, 6) is -1.87. The number of sulfonamides is 1. The van der Waals surface area contributed by atoms with Gasteiger partial charge in [0, 0.05) is 67.6 Å². The van der Waals surface area contributed by atoms with Gasteiger partial charge in [-0.15, -0.1) is 0 Å². The number of nitro groups is 1. The van der Waals surface area contributed by atoms with Gasteiger partial charge >= 0.3 is 0 Å². The topological polar surface area (TPSA) is 185 Å². The molecule has 2 saturated heterocycles. The molecule has 2 fully saturated rings. The molecule has 19 heteroatoms. The fraction of sp³-hybridized carbons (Fsp3) is 0.391. The molecule has 0 spiro atoms. The van der Waals surface area contributed by atoms with Crippen molar-refractivity contribution in [2.75, 3.05) is 87.4 Å². The van der Waals surface area contributed by atoms with Gasteiger partial charge < -0.3 is 34.3 Å². The van der Waals surface area contributed by atoms with Crippen LogP contribution in [0.5, 0.6) is 5.88 Å². The molecule has 0 bridgehead atoms. The van der Waals surface area contributed by atoms with Gasteiger partial charge in [0.1, 0.15) is 23.6 Å². The lowest BCUT2D eigenvalue weighted by Gasteiger charge is -2.39. The van der Waals surface area contributed by atoms with E-state index in [-0.39, 0.29) is 30.7 Å². The van der Waals surface area contributed by atoms with Crippen LogP contribution in [0.3, 0.4) is 0 Å². The third-order valence-corrected chi connectivity index (χ3v) is 14.1. The van der Waals surface area contributed by atoms with E-state index in [2.05, 4.69) is 55.8 Å². The molecule has 0 saturated carbocycles. The molecule has 3 N–H and O–H groups in total. The zero-order chi connectivity index (χ0) is 45.5. The lowest BCUT2D eigenvalue weighted by molar-refractivity contribution is -0.384. The molecule has 65 heavy (non-hydrogen) atoms. The van der Waals surface area contributed by atoms with E-state index >= 15 is 4.39 Å². The summed E-state index contributed by atoms with van der Waals surface area (Å²) in [5, 5.41) is 16.3. The van der Waals surface area contributed by atoms with Crippen LogP contribution in [0, 0.1) is 21.3 Å². The van der Waals surface area contributed by atoms with Crippen LogP contribution in [0.4, 0.5) is 32.8 Å². The maximum Gasteiger partial charge on any atom is 0.296 e. The van der Waals surface area contributed by atoms with Crippen LogP contribution >= 0.6 is 11.6 Å². The number of nitrogens with one attached hydrogen (secondary N) is 3. The number of nitrogens with zero attached hydrogens (tertiary/aromatic N) is 5. The van der Waals surface area contributed by atoms with Crippen LogP contribution in [-0.4, -0.2) is 112 Å². The van der Waals surface area contributed by atoms with E-state index in [4.69, 9.17) is 25.8 Å². The van der Waals surface area contributed by atoms with E-state index in [1.54, 1.807) is 18.3 Å². The predicted octanol–water partition coefficient (Wildman–Crippen LogP) is 7.53. The third kappa shape index (κ3) is 9.63. The van der Waals surface area contributed by atoms with E-state index < -0.39 is 49.0 Å². The molecule has 1 amide bonds. The summed E-state index contributed by atoms with van der Waals surface area (Å²) >= 11 is 6.25. The van der Waals surface area contributed by atoms with Gasteiger partial charge in [-0.3, -0.25) is 19.8 Å². The number of amides is 1. The minimum Gasteiger partial charge on any atom is -0.474 e. The highest BCUT2D eigenvalue weighted by molar-refractivity contribution is 7.90. The van der Waals surface area contributed by atoms with Crippen LogP contribution in [-0.2, 0) is 19.5 Å². The molecule has 1 unspecified atom stereocenters. The summed E-state index contributed by atoms with van der Waals surface area (Å²) in [7, 11) is -4.85. The Bertz CT molecular complexity index is 2770. The molecule has 2 aromatic heterocycles. The van der Waals surface area contributed by atoms with Crippen molar-refractivity contribution < 1.29 is 36.7 Å². The molecule has 1 atom stereocenters. The number of H-pyrrole nitrogens is 1. The Labute approximate surface area is 380 Å². The molecule has 16 nitrogen and oxygen atoms in total. The van der Waals surface area contributed by atoms with Crippen LogP contribution in [0.1, 0.15) is 49.0 Å². The molecule has 342 valence electrons. The van der Waals surface area contributed by atoms with Gasteiger partial charge in [0.2, 0.25) is 5.88 Å².